The fraction of sp³-hybridized carbons (Fsp3) is 0.471. The number of para-hydroxylation sites is 2. The summed E-state index contributed by atoms with van der Waals surface area (Å²) in [7, 11) is 1.42. The normalized spacial score (nSPS) is 20.9. The molecular weight excluding hydrogens is 306 g/mol. The molecule has 7 nitrogen and oxygen atoms in total. The summed E-state index contributed by atoms with van der Waals surface area (Å²) >= 11 is 0. The first kappa shape index (κ1) is 15.1. The third-order valence-corrected chi connectivity index (χ3v) is 4.43. The van der Waals surface area contributed by atoms with Crippen LogP contribution >= 0.6 is 0 Å². The van der Waals surface area contributed by atoms with Gasteiger partial charge in [-0.05, 0) is 25.0 Å². The highest BCUT2D eigenvalue weighted by atomic mass is 16.5. The van der Waals surface area contributed by atoms with Gasteiger partial charge in [-0.15, -0.1) is 0 Å². The Bertz CT molecular complexity index is 762. The summed E-state index contributed by atoms with van der Waals surface area (Å²) in [5, 5.41) is 6.67. The lowest BCUT2D eigenvalue weighted by atomic mass is 10.2. The average Bonchev–Trinajstić information content (AvgIpc) is 3.44. The van der Waals surface area contributed by atoms with Gasteiger partial charge in [0.1, 0.15) is 6.04 Å². The molecule has 1 aromatic heterocycles. The van der Waals surface area contributed by atoms with E-state index in [1.54, 1.807) is 0 Å². The van der Waals surface area contributed by atoms with Crippen LogP contribution in [-0.2, 0) is 9.53 Å². The number of fused-ring (bicyclic) bond motifs is 1. The zero-order valence-corrected chi connectivity index (χ0v) is 13.7. The van der Waals surface area contributed by atoms with Crippen LogP contribution in [0.15, 0.2) is 24.3 Å². The number of aromatic nitrogens is 2. The van der Waals surface area contributed by atoms with Crippen molar-refractivity contribution in [1.29, 1.82) is 0 Å². The first-order chi connectivity index (χ1) is 11.7. The first-order valence-electron chi connectivity index (χ1n) is 8.34. The summed E-state index contributed by atoms with van der Waals surface area (Å²) in [6, 6.07) is 8.01. The summed E-state index contributed by atoms with van der Waals surface area (Å²) < 4.78 is 4.87. The molecule has 2 aliphatic rings. The molecule has 2 N–H and O–H groups in total. The predicted octanol–water partition coefficient (Wildman–Crippen LogP) is 1.16. The molecule has 0 spiro atoms. The zero-order valence-electron chi connectivity index (χ0n) is 13.7. The highest BCUT2D eigenvalue weighted by Crippen LogP contribution is 2.31. The van der Waals surface area contributed by atoms with E-state index in [1.807, 2.05) is 24.3 Å². The number of ether oxygens (including phenoxy) is 1. The Labute approximate surface area is 140 Å². The van der Waals surface area contributed by atoms with Crippen molar-refractivity contribution in [2.45, 2.75) is 24.9 Å². The van der Waals surface area contributed by atoms with Crippen LogP contribution in [0.2, 0.25) is 0 Å². The van der Waals surface area contributed by atoms with E-state index in [0.29, 0.717) is 19.1 Å². The molecule has 1 aliphatic carbocycles. The van der Waals surface area contributed by atoms with Crippen molar-refractivity contribution >= 4 is 28.6 Å². The van der Waals surface area contributed by atoms with Crippen LogP contribution in [0.4, 0.5) is 11.6 Å². The fourth-order valence-corrected chi connectivity index (χ4v) is 2.97. The molecule has 2 aromatic rings. The van der Waals surface area contributed by atoms with E-state index in [0.717, 1.165) is 29.2 Å². The van der Waals surface area contributed by atoms with Crippen LogP contribution in [0.25, 0.3) is 11.0 Å². The molecule has 7 heteroatoms. The van der Waals surface area contributed by atoms with Gasteiger partial charge in [0.2, 0.25) is 0 Å². The van der Waals surface area contributed by atoms with Crippen molar-refractivity contribution in [2.24, 2.45) is 0 Å². The van der Waals surface area contributed by atoms with Crippen molar-refractivity contribution in [1.82, 2.24) is 15.3 Å². The van der Waals surface area contributed by atoms with Crippen molar-refractivity contribution < 1.29 is 9.53 Å². The van der Waals surface area contributed by atoms with Gasteiger partial charge < -0.3 is 20.3 Å². The summed E-state index contributed by atoms with van der Waals surface area (Å²) in [5.74, 6) is 1.38. The van der Waals surface area contributed by atoms with Gasteiger partial charge >= 0.3 is 5.97 Å². The van der Waals surface area contributed by atoms with Gasteiger partial charge in [-0.25, -0.2) is 9.97 Å². The maximum atomic E-state index is 11.9. The maximum absolute atomic E-state index is 11.9. The maximum Gasteiger partial charge on any atom is 0.324 e. The molecule has 1 unspecified atom stereocenters. The number of methoxy groups -OCH3 is 1. The minimum atomic E-state index is -0.342. The Hall–Kier alpha value is -2.41. The van der Waals surface area contributed by atoms with Gasteiger partial charge in [-0.3, -0.25) is 4.79 Å². The molecule has 0 amide bonds. The van der Waals surface area contributed by atoms with E-state index >= 15 is 0 Å². The van der Waals surface area contributed by atoms with E-state index in [1.165, 1.54) is 20.0 Å². The topological polar surface area (TPSA) is 79.4 Å². The number of piperazine rings is 1. The smallest absolute Gasteiger partial charge is 0.324 e. The van der Waals surface area contributed by atoms with E-state index in [-0.39, 0.29) is 12.0 Å². The highest BCUT2D eigenvalue weighted by molar-refractivity contribution is 5.82. The molecule has 126 valence electrons. The number of carbonyl (C=O) groups is 1. The zero-order chi connectivity index (χ0) is 16.5. The van der Waals surface area contributed by atoms with Crippen LogP contribution in [0.5, 0.6) is 0 Å². The SMILES string of the molecule is COC(=O)C1CN(c2nc3ccccc3nc2NC2CC2)CCN1. The van der Waals surface area contributed by atoms with Crippen molar-refractivity contribution in [3.8, 4) is 0 Å². The van der Waals surface area contributed by atoms with Gasteiger partial charge in [0.15, 0.2) is 11.6 Å². The molecule has 1 saturated heterocycles. The standard InChI is InChI=1S/C17H21N5O2/c1-24-17(23)14-10-22(9-8-18-14)16-15(19-11-6-7-11)20-12-4-2-3-5-13(12)21-16/h2-5,11,14,18H,6-10H2,1H3,(H,19,20). The van der Waals surface area contributed by atoms with Crippen LogP contribution in [0.3, 0.4) is 0 Å². The van der Waals surface area contributed by atoms with Crippen molar-refractivity contribution in [3.63, 3.8) is 0 Å². The van der Waals surface area contributed by atoms with E-state index in [9.17, 15) is 4.79 Å². The summed E-state index contributed by atoms with van der Waals surface area (Å²) in [6.45, 7) is 2.01. The fourth-order valence-electron chi connectivity index (χ4n) is 2.97. The summed E-state index contributed by atoms with van der Waals surface area (Å²) in [6.07, 6.45) is 2.33. The third-order valence-electron chi connectivity index (χ3n) is 4.43. The predicted molar refractivity (Wildman–Crippen MR) is 92.2 cm³/mol. The first-order valence-corrected chi connectivity index (χ1v) is 8.34. The van der Waals surface area contributed by atoms with Crippen LogP contribution in [0, 0.1) is 0 Å². The Morgan fingerprint density at radius 1 is 1.29 bits per heavy atom. The molecule has 2 fully saturated rings. The quantitative estimate of drug-likeness (QED) is 0.816. The Kier molecular flexibility index (Phi) is 3.93. The van der Waals surface area contributed by atoms with Crippen molar-refractivity contribution in [3.05, 3.63) is 24.3 Å². The molecule has 4 rings (SSSR count). The lowest BCUT2D eigenvalue weighted by Gasteiger charge is -2.33. The minimum absolute atomic E-state index is 0.245. The second-order valence-corrected chi connectivity index (χ2v) is 6.28. The van der Waals surface area contributed by atoms with Gasteiger partial charge in [0.25, 0.3) is 0 Å². The third kappa shape index (κ3) is 2.99. The van der Waals surface area contributed by atoms with Crippen molar-refractivity contribution in [2.75, 3.05) is 37.0 Å². The van der Waals surface area contributed by atoms with E-state index in [2.05, 4.69) is 15.5 Å². The number of hydrogen-bond acceptors (Lipinski definition) is 7. The second kappa shape index (κ2) is 6.24. The molecule has 1 aliphatic heterocycles. The molecule has 2 heterocycles. The lowest BCUT2D eigenvalue weighted by molar-refractivity contribution is -0.143. The van der Waals surface area contributed by atoms with Crippen LogP contribution in [-0.4, -0.2) is 54.8 Å². The van der Waals surface area contributed by atoms with Gasteiger partial charge in [-0.1, -0.05) is 12.1 Å². The monoisotopic (exact) mass is 327 g/mol. The summed E-state index contributed by atoms with van der Waals surface area (Å²) in [5.41, 5.74) is 1.74. The van der Waals surface area contributed by atoms with E-state index in [4.69, 9.17) is 14.7 Å². The Morgan fingerprint density at radius 2 is 2.04 bits per heavy atom. The number of nitrogens with zero attached hydrogens (tertiary/aromatic N) is 3. The number of hydrogen-bond donors (Lipinski definition) is 2. The second-order valence-electron chi connectivity index (χ2n) is 6.28. The Balaban J connectivity index is 1.69. The van der Waals surface area contributed by atoms with Crippen LogP contribution in [0.1, 0.15) is 12.8 Å². The van der Waals surface area contributed by atoms with Gasteiger partial charge in [0.05, 0.1) is 18.1 Å². The van der Waals surface area contributed by atoms with Gasteiger partial charge in [-0.2, -0.15) is 0 Å². The number of rotatable bonds is 4. The molecule has 0 radical (unpaired) electrons. The summed E-state index contributed by atoms with van der Waals surface area (Å²) in [4.78, 5) is 23.6. The number of nitrogens with one attached hydrogen (secondary N) is 2. The minimum Gasteiger partial charge on any atom is -0.468 e. The molecule has 0 bridgehead atoms. The molecular formula is C17H21N5O2. The largest absolute Gasteiger partial charge is 0.468 e. The number of anilines is 2. The van der Waals surface area contributed by atoms with E-state index < -0.39 is 0 Å². The Morgan fingerprint density at radius 3 is 2.75 bits per heavy atom. The highest BCUT2D eigenvalue weighted by Gasteiger charge is 2.30. The molecule has 1 saturated carbocycles. The number of carbonyl (C=O) groups excluding carboxylic acids is 1. The average molecular weight is 327 g/mol. The van der Waals surface area contributed by atoms with Crippen LogP contribution < -0.4 is 15.5 Å². The molecule has 1 aromatic carbocycles. The molecule has 24 heavy (non-hydrogen) atoms. The molecule has 1 atom stereocenters. The number of esters is 1. The lowest BCUT2D eigenvalue weighted by Crippen LogP contribution is -2.55. The van der Waals surface area contributed by atoms with Gasteiger partial charge in [0, 0.05) is 25.7 Å². The number of benzene rings is 1.